The topological polar surface area (TPSA) is 18.8 Å². The molecule has 0 amide bonds. The summed E-state index contributed by atoms with van der Waals surface area (Å²) in [7, 11) is 3.73. The maximum absolute atomic E-state index is 3.86. The Kier molecular flexibility index (Phi) is 1.72. The Labute approximate surface area is 55.3 Å². The molecule has 1 aliphatic rings. The smallest absolute Gasteiger partial charge is 0.103 e. The highest BCUT2D eigenvalue weighted by atomic mass is 15.6. The molecule has 9 heavy (non-hydrogen) atoms. The predicted molar refractivity (Wildman–Crippen MR) is 38.0 cm³/mol. The molecule has 1 rings (SSSR count). The van der Waals surface area contributed by atoms with Crippen LogP contribution >= 0.6 is 0 Å². The SMILES string of the molecule is C/N=C\N(C)N1C=CC1. The van der Waals surface area contributed by atoms with Gasteiger partial charge in [-0.15, -0.1) is 0 Å². The van der Waals surface area contributed by atoms with Crippen molar-refractivity contribution in [1.29, 1.82) is 0 Å². The van der Waals surface area contributed by atoms with Gasteiger partial charge in [0.05, 0.1) is 6.54 Å². The zero-order chi connectivity index (χ0) is 6.69. The molecule has 1 heterocycles. The quantitative estimate of drug-likeness (QED) is 0.391. The molecule has 3 heteroatoms. The summed E-state index contributed by atoms with van der Waals surface area (Å²) < 4.78 is 0. The Morgan fingerprint density at radius 3 is 2.78 bits per heavy atom. The summed E-state index contributed by atoms with van der Waals surface area (Å²) in [6.07, 6.45) is 5.89. The van der Waals surface area contributed by atoms with Crippen LogP contribution in [0.15, 0.2) is 17.3 Å². The number of rotatable bonds is 2. The minimum Gasteiger partial charge on any atom is -0.288 e. The van der Waals surface area contributed by atoms with Crippen molar-refractivity contribution in [3.63, 3.8) is 0 Å². The Morgan fingerprint density at radius 1 is 1.78 bits per heavy atom. The van der Waals surface area contributed by atoms with Gasteiger partial charge in [0.2, 0.25) is 0 Å². The summed E-state index contributed by atoms with van der Waals surface area (Å²) in [5.74, 6) is 0. The molecule has 0 bridgehead atoms. The molecule has 1 aliphatic heterocycles. The van der Waals surface area contributed by atoms with Crippen LogP contribution in [0.5, 0.6) is 0 Å². The van der Waals surface area contributed by atoms with Gasteiger partial charge >= 0.3 is 0 Å². The maximum Gasteiger partial charge on any atom is 0.103 e. The summed E-state index contributed by atoms with van der Waals surface area (Å²) in [5, 5.41) is 4.01. The lowest BCUT2D eigenvalue weighted by Gasteiger charge is -2.32. The van der Waals surface area contributed by atoms with E-state index in [0.29, 0.717) is 0 Å². The molecule has 0 N–H and O–H groups in total. The number of aliphatic imine (C=N–C) groups is 1. The molecule has 0 aromatic carbocycles. The van der Waals surface area contributed by atoms with E-state index in [9.17, 15) is 0 Å². The zero-order valence-electron chi connectivity index (χ0n) is 5.78. The monoisotopic (exact) mass is 125 g/mol. The average molecular weight is 125 g/mol. The molecule has 0 aliphatic carbocycles. The summed E-state index contributed by atoms with van der Waals surface area (Å²) in [4.78, 5) is 3.86. The lowest BCUT2D eigenvalue weighted by atomic mass is 10.4. The van der Waals surface area contributed by atoms with Crippen molar-refractivity contribution in [1.82, 2.24) is 10.0 Å². The molecule has 3 nitrogen and oxygen atoms in total. The van der Waals surface area contributed by atoms with Crippen LogP contribution in [0.2, 0.25) is 0 Å². The second-order valence-corrected chi connectivity index (χ2v) is 1.95. The van der Waals surface area contributed by atoms with Crippen molar-refractivity contribution in [2.75, 3.05) is 20.6 Å². The third kappa shape index (κ3) is 1.22. The van der Waals surface area contributed by atoms with E-state index in [1.54, 1.807) is 13.4 Å². The molecule has 0 aromatic rings. The van der Waals surface area contributed by atoms with Crippen LogP contribution in [0.3, 0.4) is 0 Å². The van der Waals surface area contributed by atoms with Crippen LogP contribution in [-0.4, -0.2) is 37.0 Å². The van der Waals surface area contributed by atoms with Gasteiger partial charge in [-0.1, -0.05) is 0 Å². The van der Waals surface area contributed by atoms with Crippen LogP contribution in [0.25, 0.3) is 0 Å². The third-order valence-electron chi connectivity index (χ3n) is 1.26. The van der Waals surface area contributed by atoms with Gasteiger partial charge in [-0.25, -0.2) is 0 Å². The minimum absolute atomic E-state index is 1.00. The van der Waals surface area contributed by atoms with Crippen LogP contribution in [0, 0.1) is 0 Å². The summed E-state index contributed by atoms with van der Waals surface area (Å²) >= 11 is 0. The summed E-state index contributed by atoms with van der Waals surface area (Å²) in [5.41, 5.74) is 0. The van der Waals surface area contributed by atoms with Gasteiger partial charge in [-0.3, -0.25) is 15.0 Å². The van der Waals surface area contributed by atoms with Crippen LogP contribution in [0.4, 0.5) is 0 Å². The highest BCUT2D eigenvalue weighted by molar-refractivity contribution is 5.53. The Hall–Kier alpha value is -0.990. The summed E-state index contributed by atoms with van der Waals surface area (Å²) in [6.45, 7) is 1.00. The van der Waals surface area contributed by atoms with Crippen molar-refractivity contribution < 1.29 is 0 Å². The molecular weight excluding hydrogens is 114 g/mol. The first-order valence-corrected chi connectivity index (χ1v) is 2.93. The van der Waals surface area contributed by atoms with Gasteiger partial charge in [0.15, 0.2) is 0 Å². The van der Waals surface area contributed by atoms with Crippen molar-refractivity contribution >= 4 is 6.34 Å². The van der Waals surface area contributed by atoms with E-state index in [1.165, 1.54) is 0 Å². The van der Waals surface area contributed by atoms with Gasteiger partial charge < -0.3 is 0 Å². The first-order valence-electron chi connectivity index (χ1n) is 2.93. The first-order chi connectivity index (χ1) is 4.34. The van der Waals surface area contributed by atoms with E-state index in [4.69, 9.17) is 0 Å². The van der Waals surface area contributed by atoms with Gasteiger partial charge in [0.25, 0.3) is 0 Å². The Bertz CT molecular complexity index is 139. The fraction of sp³-hybridized carbons (Fsp3) is 0.500. The van der Waals surface area contributed by atoms with E-state index in [2.05, 4.69) is 16.1 Å². The van der Waals surface area contributed by atoms with E-state index >= 15 is 0 Å². The van der Waals surface area contributed by atoms with Crippen LogP contribution < -0.4 is 0 Å². The van der Waals surface area contributed by atoms with Gasteiger partial charge in [-0.05, 0) is 6.08 Å². The molecule has 0 unspecified atom stereocenters. The van der Waals surface area contributed by atoms with Crippen LogP contribution in [0.1, 0.15) is 0 Å². The summed E-state index contributed by atoms with van der Waals surface area (Å²) in [6, 6.07) is 0. The van der Waals surface area contributed by atoms with Crippen LogP contribution in [-0.2, 0) is 0 Å². The van der Waals surface area contributed by atoms with Crippen molar-refractivity contribution in [2.45, 2.75) is 0 Å². The molecular formula is C6H11N3. The highest BCUT2D eigenvalue weighted by Crippen LogP contribution is 2.02. The number of hydrogen-bond donors (Lipinski definition) is 0. The highest BCUT2D eigenvalue weighted by Gasteiger charge is 2.05. The minimum atomic E-state index is 1.00. The van der Waals surface area contributed by atoms with E-state index < -0.39 is 0 Å². The largest absolute Gasteiger partial charge is 0.288 e. The molecule has 0 saturated heterocycles. The van der Waals surface area contributed by atoms with Gasteiger partial charge in [0.1, 0.15) is 6.34 Å². The lowest BCUT2D eigenvalue weighted by molar-refractivity contribution is 0.135. The molecule has 0 atom stereocenters. The number of hydrazine groups is 1. The lowest BCUT2D eigenvalue weighted by Crippen LogP contribution is -2.39. The second kappa shape index (κ2) is 2.53. The second-order valence-electron chi connectivity index (χ2n) is 1.95. The molecule has 0 spiro atoms. The standard InChI is InChI=1S/C6H11N3/c1-7-6-8(2)9-4-3-5-9/h3-4,6H,5H2,1-2H3/b7-6-. The fourth-order valence-electron chi connectivity index (χ4n) is 0.667. The van der Waals surface area contributed by atoms with E-state index in [1.807, 2.05) is 18.3 Å². The zero-order valence-corrected chi connectivity index (χ0v) is 5.78. The average Bonchev–Trinajstić information content (AvgIpc) is 1.60. The molecule has 50 valence electrons. The molecule has 0 aromatic heterocycles. The van der Waals surface area contributed by atoms with Gasteiger partial charge in [-0.2, -0.15) is 0 Å². The fourth-order valence-corrected chi connectivity index (χ4v) is 0.667. The van der Waals surface area contributed by atoms with Crippen molar-refractivity contribution in [2.24, 2.45) is 4.99 Å². The third-order valence-corrected chi connectivity index (χ3v) is 1.26. The van der Waals surface area contributed by atoms with E-state index in [-0.39, 0.29) is 0 Å². The Morgan fingerprint density at radius 2 is 2.44 bits per heavy atom. The molecule has 0 fully saturated rings. The Balaban J connectivity index is 2.33. The van der Waals surface area contributed by atoms with Crippen molar-refractivity contribution in [3.8, 4) is 0 Å². The van der Waals surface area contributed by atoms with Crippen molar-refractivity contribution in [3.05, 3.63) is 12.3 Å². The number of hydrogen-bond acceptors (Lipinski definition) is 2. The first kappa shape index (κ1) is 6.13. The maximum atomic E-state index is 3.86. The molecule has 0 radical (unpaired) electrons. The van der Waals surface area contributed by atoms with Gasteiger partial charge in [0, 0.05) is 20.3 Å². The molecule has 0 saturated carbocycles. The van der Waals surface area contributed by atoms with E-state index in [0.717, 1.165) is 6.54 Å². The number of nitrogens with zero attached hydrogens (tertiary/aromatic N) is 3. The normalized spacial score (nSPS) is 16.4. The predicted octanol–water partition coefficient (Wildman–Crippen LogP) is 0.321.